The highest BCUT2D eigenvalue weighted by atomic mass is 32.2. The highest BCUT2D eigenvalue weighted by Crippen LogP contribution is 2.30. The third-order valence-electron chi connectivity index (χ3n) is 4.71. The van der Waals surface area contributed by atoms with E-state index in [1.54, 1.807) is 0 Å². The molecule has 6 heteroatoms. The Balaban J connectivity index is 1.67. The predicted octanol–water partition coefficient (Wildman–Crippen LogP) is 3.33. The van der Waals surface area contributed by atoms with Gasteiger partial charge in [-0.15, -0.1) is 0 Å². The first-order chi connectivity index (χ1) is 12.3. The first-order valence-corrected chi connectivity index (χ1v) is 10.3. The van der Waals surface area contributed by atoms with Crippen LogP contribution in [0, 0.1) is 20.8 Å². The van der Waals surface area contributed by atoms with Crippen molar-refractivity contribution in [1.29, 1.82) is 0 Å². The van der Waals surface area contributed by atoms with Crippen LogP contribution in [0.1, 0.15) is 28.7 Å². The maximum Gasteiger partial charge on any atom is 0.235 e. The van der Waals surface area contributed by atoms with E-state index in [2.05, 4.69) is 5.32 Å². The summed E-state index contributed by atoms with van der Waals surface area (Å²) in [7, 11) is -3.52. The smallest absolute Gasteiger partial charge is 0.235 e. The van der Waals surface area contributed by atoms with Crippen molar-refractivity contribution in [2.75, 3.05) is 21.9 Å². The van der Waals surface area contributed by atoms with Gasteiger partial charge in [0.1, 0.15) is 0 Å². The summed E-state index contributed by atoms with van der Waals surface area (Å²) in [6.45, 7) is 6.33. The molecule has 0 unspecified atom stereocenters. The molecule has 1 amide bonds. The van der Waals surface area contributed by atoms with Gasteiger partial charge in [-0.1, -0.05) is 35.9 Å². The lowest BCUT2D eigenvalue weighted by atomic mass is 10.1. The van der Waals surface area contributed by atoms with Crippen molar-refractivity contribution in [2.24, 2.45) is 0 Å². The summed E-state index contributed by atoms with van der Waals surface area (Å²) >= 11 is 0. The van der Waals surface area contributed by atoms with Crippen molar-refractivity contribution in [2.45, 2.75) is 33.6 Å². The van der Waals surface area contributed by atoms with Crippen LogP contribution < -0.4 is 9.62 Å². The maximum absolute atomic E-state index is 12.7. The van der Waals surface area contributed by atoms with E-state index in [0.717, 1.165) is 33.6 Å². The lowest BCUT2D eigenvalue weighted by Gasteiger charge is -2.19. The molecule has 138 valence electrons. The second-order valence-electron chi connectivity index (χ2n) is 6.84. The van der Waals surface area contributed by atoms with E-state index in [1.165, 1.54) is 4.31 Å². The number of aryl methyl sites for hydroxylation is 3. The van der Waals surface area contributed by atoms with E-state index in [-0.39, 0.29) is 18.1 Å². The number of fused-ring (bicyclic) bond motifs is 1. The van der Waals surface area contributed by atoms with Gasteiger partial charge in [0.2, 0.25) is 15.9 Å². The number of nitrogens with zero attached hydrogens (tertiary/aromatic N) is 1. The van der Waals surface area contributed by atoms with Gasteiger partial charge >= 0.3 is 0 Å². The van der Waals surface area contributed by atoms with Crippen molar-refractivity contribution in [3.05, 3.63) is 58.7 Å². The predicted molar refractivity (Wildman–Crippen MR) is 105 cm³/mol. The first-order valence-electron chi connectivity index (χ1n) is 8.74. The molecule has 26 heavy (non-hydrogen) atoms. The maximum atomic E-state index is 12.7. The number of sulfonamides is 1. The van der Waals surface area contributed by atoms with Crippen LogP contribution in [0.5, 0.6) is 0 Å². The summed E-state index contributed by atoms with van der Waals surface area (Å²) in [5.74, 6) is -0.479. The third-order valence-corrected chi connectivity index (χ3v) is 6.48. The monoisotopic (exact) mass is 372 g/mol. The van der Waals surface area contributed by atoms with Gasteiger partial charge < -0.3 is 5.32 Å². The summed E-state index contributed by atoms with van der Waals surface area (Å²) in [6, 6.07) is 11.5. The van der Waals surface area contributed by atoms with Crippen LogP contribution in [0.3, 0.4) is 0 Å². The zero-order valence-electron chi connectivity index (χ0n) is 15.4. The average Bonchev–Trinajstić information content (AvgIpc) is 3.01. The average molecular weight is 372 g/mol. The summed E-state index contributed by atoms with van der Waals surface area (Å²) < 4.78 is 26.8. The van der Waals surface area contributed by atoms with Crippen molar-refractivity contribution in [1.82, 2.24) is 0 Å². The topological polar surface area (TPSA) is 66.5 Å². The molecule has 0 saturated carbocycles. The standard InChI is InChI=1S/C20H24N2O3S/c1-14-12-15(2)20(16(3)13-14)21-19(23)9-11-26(24,25)22-10-8-17-6-4-5-7-18(17)22/h4-7,12-13H,8-11H2,1-3H3,(H,21,23). The van der Waals surface area contributed by atoms with Crippen molar-refractivity contribution in [3.8, 4) is 0 Å². The summed E-state index contributed by atoms with van der Waals surface area (Å²) in [5, 5.41) is 2.87. The zero-order chi connectivity index (χ0) is 18.9. The second kappa shape index (κ2) is 7.11. The van der Waals surface area contributed by atoms with Crippen molar-refractivity contribution < 1.29 is 13.2 Å². The fourth-order valence-electron chi connectivity index (χ4n) is 3.51. The molecule has 3 rings (SSSR count). The van der Waals surface area contributed by atoms with Crippen molar-refractivity contribution >= 4 is 27.3 Å². The Labute approximate surface area is 155 Å². The molecule has 0 saturated heterocycles. The molecule has 0 aliphatic carbocycles. The Morgan fingerprint density at radius 3 is 2.46 bits per heavy atom. The Hall–Kier alpha value is -2.34. The molecular weight excluding hydrogens is 348 g/mol. The minimum absolute atomic E-state index is 0.0617. The van der Waals surface area contributed by atoms with Crippen LogP contribution >= 0.6 is 0 Å². The number of rotatable bonds is 5. The Morgan fingerprint density at radius 1 is 1.12 bits per heavy atom. The molecule has 2 aromatic rings. The normalized spacial score (nSPS) is 13.6. The van der Waals surface area contributed by atoms with Gasteiger partial charge in [0, 0.05) is 18.7 Å². The lowest BCUT2D eigenvalue weighted by molar-refractivity contribution is -0.115. The number of hydrogen-bond acceptors (Lipinski definition) is 3. The zero-order valence-corrected chi connectivity index (χ0v) is 16.2. The highest BCUT2D eigenvalue weighted by Gasteiger charge is 2.29. The summed E-state index contributed by atoms with van der Waals surface area (Å²) in [5.41, 5.74) is 5.63. The lowest BCUT2D eigenvalue weighted by Crippen LogP contribution is -2.32. The van der Waals surface area contributed by atoms with Gasteiger partial charge in [-0.2, -0.15) is 0 Å². The Kier molecular flexibility index (Phi) is 5.05. The third kappa shape index (κ3) is 3.75. The van der Waals surface area contributed by atoms with Gasteiger partial charge in [0.15, 0.2) is 0 Å². The number of carbonyl (C=O) groups is 1. The molecule has 1 heterocycles. The van der Waals surface area contributed by atoms with Crippen LogP contribution in [0.25, 0.3) is 0 Å². The Bertz CT molecular complexity index is 928. The van der Waals surface area contributed by atoms with Gasteiger partial charge in [-0.05, 0) is 49.9 Å². The van der Waals surface area contributed by atoms with Gasteiger partial charge in [0.05, 0.1) is 11.4 Å². The number of amides is 1. The fourth-order valence-corrected chi connectivity index (χ4v) is 5.02. The number of nitrogens with one attached hydrogen (secondary N) is 1. The second-order valence-corrected chi connectivity index (χ2v) is 8.85. The molecule has 0 aromatic heterocycles. The fraction of sp³-hybridized carbons (Fsp3) is 0.350. The summed E-state index contributed by atoms with van der Waals surface area (Å²) in [4.78, 5) is 12.3. The van der Waals surface area contributed by atoms with Crippen LogP contribution in [-0.2, 0) is 21.2 Å². The van der Waals surface area contributed by atoms with Gasteiger partial charge in [0.25, 0.3) is 0 Å². The molecular formula is C20H24N2O3S. The molecule has 0 fully saturated rings. The molecule has 1 aliphatic rings. The number of anilines is 2. The van der Waals surface area contributed by atoms with Gasteiger partial charge in [-0.25, -0.2) is 8.42 Å². The molecule has 0 bridgehead atoms. The quantitative estimate of drug-likeness (QED) is 0.875. The van der Waals surface area contributed by atoms with Crippen LogP contribution in [-0.4, -0.2) is 26.6 Å². The van der Waals surface area contributed by atoms with Crippen LogP contribution in [0.2, 0.25) is 0 Å². The van der Waals surface area contributed by atoms with E-state index in [0.29, 0.717) is 13.0 Å². The van der Waals surface area contributed by atoms with E-state index in [9.17, 15) is 13.2 Å². The SMILES string of the molecule is Cc1cc(C)c(NC(=O)CCS(=O)(=O)N2CCc3ccccc32)c(C)c1. The Morgan fingerprint density at radius 2 is 1.77 bits per heavy atom. The van der Waals surface area contributed by atoms with E-state index >= 15 is 0 Å². The molecule has 5 nitrogen and oxygen atoms in total. The highest BCUT2D eigenvalue weighted by molar-refractivity contribution is 7.92. The molecule has 2 aromatic carbocycles. The van der Waals surface area contributed by atoms with Gasteiger partial charge in [-0.3, -0.25) is 9.10 Å². The number of hydrogen-bond donors (Lipinski definition) is 1. The minimum atomic E-state index is -3.52. The van der Waals surface area contributed by atoms with E-state index < -0.39 is 10.0 Å². The minimum Gasteiger partial charge on any atom is -0.326 e. The number of para-hydroxylation sites is 1. The van der Waals surface area contributed by atoms with Crippen LogP contribution in [0.4, 0.5) is 11.4 Å². The van der Waals surface area contributed by atoms with E-state index in [4.69, 9.17) is 0 Å². The number of benzene rings is 2. The molecule has 0 radical (unpaired) electrons. The molecule has 0 spiro atoms. The number of carbonyl (C=O) groups excluding carboxylic acids is 1. The molecule has 0 atom stereocenters. The summed E-state index contributed by atoms with van der Waals surface area (Å²) in [6.07, 6.45) is 0.650. The van der Waals surface area contributed by atoms with Crippen LogP contribution in [0.15, 0.2) is 36.4 Å². The largest absolute Gasteiger partial charge is 0.326 e. The molecule has 1 aliphatic heterocycles. The first kappa shape index (κ1) is 18.5. The van der Waals surface area contributed by atoms with E-state index in [1.807, 2.05) is 57.2 Å². The molecule has 1 N–H and O–H groups in total. The van der Waals surface area contributed by atoms with Crippen molar-refractivity contribution in [3.63, 3.8) is 0 Å².